The SMILES string of the molecule is Cc1ccnc(-c2c[nH]c(=O)cc2C(=O)O)n1. The van der Waals surface area contributed by atoms with Crippen LogP contribution in [0.1, 0.15) is 16.1 Å². The summed E-state index contributed by atoms with van der Waals surface area (Å²) in [5, 5.41) is 9.01. The third kappa shape index (κ3) is 2.20. The van der Waals surface area contributed by atoms with E-state index in [1.807, 2.05) is 0 Å². The van der Waals surface area contributed by atoms with Gasteiger partial charge in [-0.1, -0.05) is 0 Å². The van der Waals surface area contributed by atoms with Gasteiger partial charge in [-0.3, -0.25) is 4.79 Å². The lowest BCUT2D eigenvalue weighted by atomic mass is 10.1. The zero-order valence-corrected chi connectivity index (χ0v) is 8.97. The molecule has 0 atom stereocenters. The van der Waals surface area contributed by atoms with Crippen molar-refractivity contribution in [3.8, 4) is 11.4 Å². The van der Waals surface area contributed by atoms with Crippen molar-refractivity contribution in [3.63, 3.8) is 0 Å². The fraction of sp³-hybridized carbons (Fsp3) is 0.0909. The Bertz CT molecular complexity index is 634. The number of carboxylic acids is 1. The Hall–Kier alpha value is -2.50. The molecule has 0 saturated carbocycles. The van der Waals surface area contributed by atoms with E-state index in [1.54, 1.807) is 13.0 Å². The van der Waals surface area contributed by atoms with Crippen molar-refractivity contribution in [2.45, 2.75) is 6.92 Å². The molecule has 0 spiro atoms. The van der Waals surface area contributed by atoms with Crippen LogP contribution in [0.15, 0.2) is 29.3 Å². The first-order valence-electron chi connectivity index (χ1n) is 4.84. The first-order chi connectivity index (χ1) is 8.08. The monoisotopic (exact) mass is 231 g/mol. The van der Waals surface area contributed by atoms with Gasteiger partial charge in [-0.2, -0.15) is 0 Å². The highest BCUT2D eigenvalue weighted by Gasteiger charge is 2.14. The maximum absolute atomic E-state index is 11.1. The van der Waals surface area contributed by atoms with Crippen LogP contribution in [0.4, 0.5) is 0 Å². The minimum atomic E-state index is -1.18. The Morgan fingerprint density at radius 2 is 2.24 bits per heavy atom. The minimum absolute atomic E-state index is 0.112. The van der Waals surface area contributed by atoms with Crippen LogP contribution in [0.2, 0.25) is 0 Å². The molecule has 0 saturated heterocycles. The Balaban J connectivity index is 2.67. The second-order valence-electron chi connectivity index (χ2n) is 3.45. The predicted molar refractivity (Wildman–Crippen MR) is 59.8 cm³/mol. The summed E-state index contributed by atoms with van der Waals surface area (Å²) in [5.74, 6) is -0.908. The summed E-state index contributed by atoms with van der Waals surface area (Å²) in [5.41, 5.74) is 0.427. The van der Waals surface area contributed by atoms with Crippen LogP contribution in [0.25, 0.3) is 11.4 Å². The molecule has 2 heterocycles. The number of carboxylic acid groups (broad SMARTS) is 1. The number of aryl methyl sites for hydroxylation is 1. The molecular formula is C11H9N3O3. The van der Waals surface area contributed by atoms with Gasteiger partial charge < -0.3 is 10.1 Å². The van der Waals surface area contributed by atoms with Crippen LogP contribution < -0.4 is 5.56 Å². The van der Waals surface area contributed by atoms with E-state index in [2.05, 4.69) is 15.0 Å². The Morgan fingerprint density at radius 1 is 1.47 bits per heavy atom. The number of H-pyrrole nitrogens is 1. The van der Waals surface area contributed by atoms with Crippen LogP contribution in [0.5, 0.6) is 0 Å². The maximum Gasteiger partial charge on any atom is 0.336 e. The standard InChI is InChI=1S/C11H9N3O3/c1-6-2-3-12-10(14-6)8-5-13-9(15)4-7(8)11(16)17/h2-5H,1H3,(H,13,15)(H,16,17). The highest BCUT2D eigenvalue weighted by molar-refractivity contribution is 5.94. The van der Waals surface area contributed by atoms with Crippen molar-refractivity contribution in [2.24, 2.45) is 0 Å². The first-order valence-corrected chi connectivity index (χ1v) is 4.84. The first kappa shape index (κ1) is 11.0. The summed E-state index contributed by atoms with van der Waals surface area (Å²) >= 11 is 0. The molecule has 2 N–H and O–H groups in total. The topological polar surface area (TPSA) is 95.9 Å². The normalized spacial score (nSPS) is 10.2. The van der Waals surface area contributed by atoms with E-state index in [-0.39, 0.29) is 11.4 Å². The summed E-state index contributed by atoms with van der Waals surface area (Å²) in [6, 6.07) is 2.72. The summed E-state index contributed by atoms with van der Waals surface area (Å²) < 4.78 is 0. The highest BCUT2D eigenvalue weighted by Crippen LogP contribution is 2.17. The lowest BCUT2D eigenvalue weighted by molar-refractivity contribution is 0.0697. The molecule has 0 fully saturated rings. The molecule has 6 nitrogen and oxygen atoms in total. The van der Waals surface area contributed by atoms with Crippen molar-refractivity contribution >= 4 is 5.97 Å². The van der Waals surface area contributed by atoms with E-state index in [9.17, 15) is 9.59 Å². The van der Waals surface area contributed by atoms with Gasteiger partial charge in [0.15, 0.2) is 5.82 Å². The Morgan fingerprint density at radius 3 is 2.88 bits per heavy atom. The van der Waals surface area contributed by atoms with Gasteiger partial charge >= 0.3 is 5.97 Å². The molecule has 6 heteroatoms. The molecular weight excluding hydrogens is 222 g/mol. The molecule has 0 bridgehead atoms. The summed E-state index contributed by atoms with van der Waals surface area (Å²) in [7, 11) is 0. The van der Waals surface area contributed by atoms with Crippen LogP contribution in [0, 0.1) is 6.92 Å². The van der Waals surface area contributed by atoms with Crippen molar-refractivity contribution in [1.29, 1.82) is 0 Å². The van der Waals surface area contributed by atoms with Crippen LogP contribution in [-0.4, -0.2) is 26.0 Å². The van der Waals surface area contributed by atoms with Gasteiger partial charge in [0.1, 0.15) is 0 Å². The molecule has 0 radical (unpaired) electrons. The third-order valence-corrected chi connectivity index (χ3v) is 2.19. The van der Waals surface area contributed by atoms with Gasteiger partial charge in [0.05, 0.1) is 5.56 Å². The van der Waals surface area contributed by atoms with E-state index in [0.717, 1.165) is 11.8 Å². The van der Waals surface area contributed by atoms with Crippen molar-refractivity contribution in [1.82, 2.24) is 15.0 Å². The zero-order valence-electron chi connectivity index (χ0n) is 8.97. The fourth-order valence-corrected chi connectivity index (χ4v) is 1.41. The van der Waals surface area contributed by atoms with Gasteiger partial charge in [0.2, 0.25) is 5.56 Å². The number of aromatic amines is 1. The summed E-state index contributed by atoms with van der Waals surface area (Å²) in [6.45, 7) is 1.78. The number of hydrogen-bond acceptors (Lipinski definition) is 4. The highest BCUT2D eigenvalue weighted by atomic mass is 16.4. The third-order valence-electron chi connectivity index (χ3n) is 2.19. The number of nitrogens with zero attached hydrogens (tertiary/aromatic N) is 2. The molecule has 2 rings (SSSR count). The van der Waals surface area contributed by atoms with E-state index in [0.29, 0.717) is 5.56 Å². The molecule has 0 amide bonds. The molecule has 0 unspecified atom stereocenters. The van der Waals surface area contributed by atoms with E-state index in [1.165, 1.54) is 12.4 Å². The Labute approximate surface area is 96.0 Å². The lowest BCUT2D eigenvalue weighted by Gasteiger charge is -2.04. The van der Waals surface area contributed by atoms with Gasteiger partial charge in [-0.05, 0) is 13.0 Å². The number of nitrogens with one attached hydrogen (secondary N) is 1. The average Bonchev–Trinajstić information content (AvgIpc) is 2.28. The minimum Gasteiger partial charge on any atom is -0.478 e. The zero-order chi connectivity index (χ0) is 12.4. The molecule has 0 aromatic carbocycles. The van der Waals surface area contributed by atoms with Gasteiger partial charge in [0, 0.05) is 29.7 Å². The second-order valence-corrected chi connectivity index (χ2v) is 3.45. The van der Waals surface area contributed by atoms with Crippen LogP contribution in [0.3, 0.4) is 0 Å². The quantitative estimate of drug-likeness (QED) is 0.798. The van der Waals surface area contributed by atoms with E-state index < -0.39 is 11.5 Å². The lowest BCUT2D eigenvalue weighted by Crippen LogP contribution is -2.11. The van der Waals surface area contributed by atoms with Gasteiger partial charge in [0.25, 0.3) is 0 Å². The van der Waals surface area contributed by atoms with Crippen LogP contribution in [-0.2, 0) is 0 Å². The number of pyridine rings is 1. The average molecular weight is 231 g/mol. The molecule has 0 aliphatic rings. The predicted octanol–water partition coefficient (Wildman–Crippen LogP) is 0.839. The van der Waals surface area contributed by atoms with Gasteiger partial charge in [-0.25, -0.2) is 14.8 Å². The molecule has 0 aliphatic carbocycles. The molecule has 0 aliphatic heterocycles. The fourth-order valence-electron chi connectivity index (χ4n) is 1.41. The Kier molecular flexibility index (Phi) is 2.70. The molecule has 86 valence electrons. The molecule has 17 heavy (non-hydrogen) atoms. The summed E-state index contributed by atoms with van der Waals surface area (Å²) in [4.78, 5) is 32.6. The second kappa shape index (κ2) is 4.17. The maximum atomic E-state index is 11.1. The number of rotatable bonds is 2. The van der Waals surface area contributed by atoms with Gasteiger partial charge in [-0.15, -0.1) is 0 Å². The van der Waals surface area contributed by atoms with E-state index in [4.69, 9.17) is 5.11 Å². The van der Waals surface area contributed by atoms with Crippen molar-refractivity contribution in [2.75, 3.05) is 0 Å². The largest absolute Gasteiger partial charge is 0.478 e. The number of aromatic nitrogens is 3. The van der Waals surface area contributed by atoms with E-state index >= 15 is 0 Å². The number of hydrogen-bond donors (Lipinski definition) is 2. The van der Waals surface area contributed by atoms with Crippen molar-refractivity contribution < 1.29 is 9.90 Å². The van der Waals surface area contributed by atoms with Crippen LogP contribution >= 0.6 is 0 Å². The molecule has 2 aromatic heterocycles. The van der Waals surface area contributed by atoms with Crippen molar-refractivity contribution in [3.05, 3.63) is 46.1 Å². The molecule has 2 aromatic rings. The summed E-state index contributed by atoms with van der Waals surface area (Å²) in [6.07, 6.45) is 2.84. The smallest absolute Gasteiger partial charge is 0.336 e. The number of aromatic carboxylic acids is 1. The number of carbonyl (C=O) groups is 1.